The first-order chi connectivity index (χ1) is 11.7. The number of likely N-dealkylation sites (N-methyl/N-ethyl adjacent to an activating group) is 1. The molecular weight excluding hydrogens is 300 g/mol. The Labute approximate surface area is 143 Å². The second-order valence-electron chi connectivity index (χ2n) is 6.42. The largest absolute Gasteiger partial charge is 0.350 e. The fourth-order valence-electron chi connectivity index (χ4n) is 3.15. The molecule has 0 radical (unpaired) electrons. The van der Waals surface area contributed by atoms with E-state index in [1.807, 2.05) is 18.2 Å². The number of likely N-dealkylation sites (tertiary alicyclic amines) is 1. The minimum absolute atomic E-state index is 0.149. The molecule has 5 heteroatoms. The monoisotopic (exact) mass is 324 g/mol. The number of hydrogen-bond acceptors (Lipinski definition) is 4. The summed E-state index contributed by atoms with van der Waals surface area (Å²) in [5.74, 6) is 0.220. The van der Waals surface area contributed by atoms with E-state index in [-0.39, 0.29) is 5.91 Å². The Balaban J connectivity index is 1.57. The molecule has 1 aliphatic heterocycles. The van der Waals surface area contributed by atoms with Crippen LogP contribution in [-0.2, 0) is 6.42 Å². The van der Waals surface area contributed by atoms with Crippen LogP contribution >= 0.6 is 0 Å². The molecule has 1 saturated heterocycles. The predicted molar refractivity (Wildman–Crippen MR) is 94.0 cm³/mol. The van der Waals surface area contributed by atoms with Gasteiger partial charge in [-0.05, 0) is 38.4 Å². The highest BCUT2D eigenvalue weighted by Gasteiger charge is 2.21. The van der Waals surface area contributed by atoms with Gasteiger partial charge >= 0.3 is 0 Å². The Hall–Kier alpha value is -2.27. The molecule has 3 rings (SSSR count). The average molecular weight is 324 g/mol. The Morgan fingerprint density at radius 1 is 1.29 bits per heavy atom. The minimum atomic E-state index is -0.149. The maximum absolute atomic E-state index is 12.3. The van der Waals surface area contributed by atoms with Crippen LogP contribution < -0.4 is 5.32 Å². The Bertz CT molecular complexity index is 674. The van der Waals surface area contributed by atoms with Crippen LogP contribution in [0.15, 0.2) is 42.7 Å². The van der Waals surface area contributed by atoms with Gasteiger partial charge in [0.05, 0.1) is 11.9 Å². The summed E-state index contributed by atoms with van der Waals surface area (Å²) in [4.78, 5) is 23.4. The quantitative estimate of drug-likeness (QED) is 0.916. The molecule has 1 atom stereocenters. The Morgan fingerprint density at radius 2 is 2.12 bits per heavy atom. The third-order valence-corrected chi connectivity index (χ3v) is 4.47. The fourth-order valence-corrected chi connectivity index (χ4v) is 3.15. The van der Waals surface area contributed by atoms with Crippen LogP contribution in [0.1, 0.15) is 40.5 Å². The summed E-state index contributed by atoms with van der Waals surface area (Å²) >= 11 is 0. The van der Waals surface area contributed by atoms with E-state index in [0.717, 1.165) is 38.0 Å². The van der Waals surface area contributed by atoms with Crippen molar-refractivity contribution in [3.8, 4) is 0 Å². The highest BCUT2D eigenvalue weighted by atomic mass is 16.1. The number of carbonyl (C=O) groups excluding carboxylic acids is 1. The summed E-state index contributed by atoms with van der Waals surface area (Å²) in [5, 5.41) is 2.93. The number of carbonyl (C=O) groups is 1. The van der Waals surface area contributed by atoms with Gasteiger partial charge in [-0.2, -0.15) is 0 Å². The van der Waals surface area contributed by atoms with Crippen molar-refractivity contribution in [3.63, 3.8) is 0 Å². The Kier molecular flexibility index (Phi) is 5.54. The second-order valence-corrected chi connectivity index (χ2v) is 6.42. The van der Waals surface area contributed by atoms with Gasteiger partial charge in [0.15, 0.2) is 0 Å². The van der Waals surface area contributed by atoms with Gasteiger partial charge in [-0.3, -0.25) is 9.78 Å². The summed E-state index contributed by atoms with van der Waals surface area (Å²) in [7, 11) is 2.12. The van der Waals surface area contributed by atoms with Gasteiger partial charge in [0.25, 0.3) is 5.91 Å². The molecule has 2 heterocycles. The Morgan fingerprint density at radius 3 is 2.92 bits per heavy atom. The summed E-state index contributed by atoms with van der Waals surface area (Å²) in [6.45, 7) is 2.71. The van der Waals surface area contributed by atoms with Crippen molar-refractivity contribution in [2.24, 2.45) is 0 Å². The van der Waals surface area contributed by atoms with Crippen LogP contribution in [0, 0.1) is 0 Å². The zero-order valence-corrected chi connectivity index (χ0v) is 14.1. The van der Waals surface area contributed by atoms with Crippen molar-refractivity contribution in [2.75, 3.05) is 26.7 Å². The van der Waals surface area contributed by atoms with Crippen molar-refractivity contribution < 1.29 is 4.79 Å². The van der Waals surface area contributed by atoms with Crippen LogP contribution in [0.25, 0.3) is 0 Å². The fraction of sp³-hybridized carbons (Fsp3) is 0.421. The van der Waals surface area contributed by atoms with Crippen LogP contribution in [-0.4, -0.2) is 47.5 Å². The molecular formula is C19H24N4O. The molecule has 0 aliphatic carbocycles. The molecule has 2 aromatic rings. The van der Waals surface area contributed by atoms with Crippen molar-refractivity contribution in [1.82, 2.24) is 20.2 Å². The van der Waals surface area contributed by atoms with E-state index in [4.69, 9.17) is 0 Å². The minimum Gasteiger partial charge on any atom is -0.350 e. The van der Waals surface area contributed by atoms with Crippen LogP contribution in [0.2, 0.25) is 0 Å². The van der Waals surface area contributed by atoms with Crippen LogP contribution in [0.5, 0.6) is 0 Å². The molecule has 126 valence electrons. The number of amides is 1. The maximum atomic E-state index is 12.3. The zero-order valence-electron chi connectivity index (χ0n) is 14.1. The predicted octanol–water partition coefficient (Wildman–Crippen LogP) is 2.26. The SMILES string of the molecule is CN1CCCC(c2cncc(C(=O)NCCc3ccccc3)n2)C1. The van der Waals surface area contributed by atoms with Crippen molar-refractivity contribution in [3.05, 3.63) is 59.7 Å². The molecule has 24 heavy (non-hydrogen) atoms. The van der Waals surface area contributed by atoms with Crippen LogP contribution in [0.3, 0.4) is 0 Å². The van der Waals surface area contributed by atoms with Gasteiger partial charge in [-0.25, -0.2) is 4.98 Å². The number of benzene rings is 1. The summed E-state index contributed by atoms with van der Waals surface area (Å²) in [6.07, 6.45) is 6.43. The average Bonchev–Trinajstić information content (AvgIpc) is 2.63. The maximum Gasteiger partial charge on any atom is 0.271 e. The van der Waals surface area contributed by atoms with Crippen molar-refractivity contribution >= 4 is 5.91 Å². The molecule has 0 spiro atoms. The van der Waals surface area contributed by atoms with Gasteiger partial charge in [-0.1, -0.05) is 30.3 Å². The molecule has 1 aromatic carbocycles. The van der Waals surface area contributed by atoms with Crippen molar-refractivity contribution in [2.45, 2.75) is 25.2 Å². The number of hydrogen-bond donors (Lipinski definition) is 1. The molecule has 1 aliphatic rings. The molecule has 1 aromatic heterocycles. The number of aromatic nitrogens is 2. The summed E-state index contributed by atoms with van der Waals surface area (Å²) < 4.78 is 0. The number of nitrogens with one attached hydrogen (secondary N) is 1. The lowest BCUT2D eigenvalue weighted by Crippen LogP contribution is -2.32. The number of nitrogens with zero attached hydrogens (tertiary/aromatic N) is 3. The second kappa shape index (κ2) is 8.02. The normalized spacial score (nSPS) is 18.3. The third kappa shape index (κ3) is 4.38. The van der Waals surface area contributed by atoms with Gasteiger partial charge in [0.1, 0.15) is 5.69 Å². The highest BCUT2D eigenvalue weighted by molar-refractivity contribution is 5.91. The van der Waals surface area contributed by atoms with E-state index in [9.17, 15) is 4.79 Å². The number of piperidine rings is 1. The van der Waals surface area contributed by atoms with Gasteiger partial charge in [-0.15, -0.1) is 0 Å². The lowest BCUT2D eigenvalue weighted by atomic mass is 9.95. The van der Waals surface area contributed by atoms with E-state index in [1.165, 1.54) is 5.56 Å². The van der Waals surface area contributed by atoms with E-state index >= 15 is 0 Å². The van der Waals surface area contributed by atoms with E-state index in [0.29, 0.717) is 18.2 Å². The molecule has 1 fully saturated rings. The van der Waals surface area contributed by atoms with E-state index in [2.05, 4.69) is 39.4 Å². The van der Waals surface area contributed by atoms with Crippen molar-refractivity contribution in [1.29, 1.82) is 0 Å². The van der Waals surface area contributed by atoms with Gasteiger partial charge < -0.3 is 10.2 Å². The standard InChI is InChI=1S/C19H24N4O/c1-23-11-5-8-16(14-23)17-12-20-13-18(22-17)19(24)21-10-9-15-6-3-2-4-7-15/h2-4,6-7,12-13,16H,5,8-11,14H2,1H3,(H,21,24). The molecule has 1 amide bonds. The third-order valence-electron chi connectivity index (χ3n) is 4.47. The highest BCUT2D eigenvalue weighted by Crippen LogP contribution is 2.24. The van der Waals surface area contributed by atoms with Gasteiger partial charge in [0, 0.05) is 25.2 Å². The van der Waals surface area contributed by atoms with Gasteiger partial charge in [0.2, 0.25) is 0 Å². The lowest BCUT2D eigenvalue weighted by molar-refractivity contribution is 0.0948. The van der Waals surface area contributed by atoms with Crippen LogP contribution in [0.4, 0.5) is 0 Å². The first kappa shape index (κ1) is 16.6. The summed E-state index contributed by atoms with van der Waals surface area (Å²) in [5.41, 5.74) is 2.55. The molecule has 1 N–H and O–H groups in total. The topological polar surface area (TPSA) is 58.1 Å². The first-order valence-corrected chi connectivity index (χ1v) is 8.55. The number of rotatable bonds is 5. The molecule has 0 bridgehead atoms. The molecule has 5 nitrogen and oxygen atoms in total. The van der Waals surface area contributed by atoms with E-state index < -0.39 is 0 Å². The molecule has 0 saturated carbocycles. The first-order valence-electron chi connectivity index (χ1n) is 8.55. The smallest absolute Gasteiger partial charge is 0.271 e. The zero-order chi connectivity index (χ0) is 16.8. The van der Waals surface area contributed by atoms with E-state index in [1.54, 1.807) is 12.4 Å². The lowest BCUT2D eigenvalue weighted by Gasteiger charge is -2.29. The molecule has 1 unspecified atom stereocenters. The summed E-state index contributed by atoms with van der Waals surface area (Å²) in [6, 6.07) is 10.1.